The number of carbonyl (C=O) groups excluding carboxylic acids is 1. The number of pyridine rings is 1. The molecule has 1 N–H and O–H groups in total. The Morgan fingerprint density at radius 2 is 2.25 bits per heavy atom. The van der Waals surface area contributed by atoms with Gasteiger partial charge in [-0.1, -0.05) is 6.07 Å². The molecule has 0 saturated carbocycles. The van der Waals surface area contributed by atoms with Crippen LogP contribution >= 0.6 is 11.3 Å². The number of carbonyl (C=O) groups is 1. The summed E-state index contributed by atoms with van der Waals surface area (Å²) in [6, 6.07) is 9.51. The third-order valence-electron chi connectivity index (χ3n) is 3.57. The van der Waals surface area contributed by atoms with Crippen LogP contribution in [0.15, 0.2) is 41.9 Å². The van der Waals surface area contributed by atoms with Crippen LogP contribution in [0.25, 0.3) is 10.6 Å². The highest BCUT2D eigenvalue weighted by molar-refractivity contribution is 7.13. The molecule has 0 aliphatic heterocycles. The molecular formula is C17H18N4O2S. The minimum absolute atomic E-state index is 0.205. The molecular weight excluding hydrogens is 324 g/mol. The fourth-order valence-corrected chi connectivity index (χ4v) is 3.06. The zero-order valence-electron chi connectivity index (χ0n) is 13.5. The number of methoxy groups -OCH3 is 1. The summed E-state index contributed by atoms with van der Waals surface area (Å²) in [5.41, 5.74) is 2.45. The van der Waals surface area contributed by atoms with Crippen molar-refractivity contribution in [2.45, 2.75) is 13.5 Å². The van der Waals surface area contributed by atoms with Crippen LogP contribution in [0.1, 0.15) is 16.1 Å². The first-order chi connectivity index (χ1) is 11.7. The first-order valence-electron chi connectivity index (χ1n) is 7.54. The van der Waals surface area contributed by atoms with Gasteiger partial charge < -0.3 is 10.1 Å². The van der Waals surface area contributed by atoms with E-state index in [9.17, 15) is 4.79 Å². The van der Waals surface area contributed by atoms with Gasteiger partial charge in [0.15, 0.2) is 0 Å². The molecule has 0 radical (unpaired) electrons. The van der Waals surface area contributed by atoms with E-state index in [0.29, 0.717) is 24.5 Å². The second-order valence-corrected chi connectivity index (χ2v) is 6.14. The quantitative estimate of drug-likeness (QED) is 0.748. The first-order valence-corrected chi connectivity index (χ1v) is 8.42. The molecule has 7 heteroatoms. The van der Waals surface area contributed by atoms with Crippen molar-refractivity contribution in [1.82, 2.24) is 20.1 Å². The Balaban J connectivity index is 1.61. The van der Waals surface area contributed by atoms with Gasteiger partial charge in [0.05, 0.1) is 18.5 Å². The summed E-state index contributed by atoms with van der Waals surface area (Å²) in [5, 5.41) is 9.50. The van der Waals surface area contributed by atoms with E-state index in [1.165, 1.54) is 7.11 Å². The number of aromatic nitrogens is 3. The largest absolute Gasteiger partial charge is 0.480 e. The highest BCUT2D eigenvalue weighted by Crippen LogP contribution is 2.23. The van der Waals surface area contributed by atoms with Crippen molar-refractivity contribution in [3.63, 3.8) is 0 Å². The van der Waals surface area contributed by atoms with Crippen molar-refractivity contribution in [2.24, 2.45) is 0 Å². The van der Waals surface area contributed by atoms with E-state index in [-0.39, 0.29) is 5.91 Å². The van der Waals surface area contributed by atoms with Gasteiger partial charge in [0, 0.05) is 18.4 Å². The Morgan fingerprint density at radius 3 is 3.00 bits per heavy atom. The van der Waals surface area contributed by atoms with Crippen LogP contribution in [0.5, 0.6) is 5.88 Å². The Morgan fingerprint density at radius 1 is 1.38 bits per heavy atom. The summed E-state index contributed by atoms with van der Waals surface area (Å²) >= 11 is 1.66. The van der Waals surface area contributed by atoms with E-state index in [0.717, 1.165) is 16.3 Å². The van der Waals surface area contributed by atoms with E-state index >= 15 is 0 Å². The van der Waals surface area contributed by atoms with Gasteiger partial charge in [0.25, 0.3) is 5.91 Å². The number of aryl methyl sites for hydroxylation is 1. The average molecular weight is 342 g/mol. The van der Waals surface area contributed by atoms with Gasteiger partial charge in [-0.25, -0.2) is 4.98 Å². The maximum atomic E-state index is 12.2. The lowest BCUT2D eigenvalue weighted by Crippen LogP contribution is -2.28. The van der Waals surface area contributed by atoms with Crippen molar-refractivity contribution in [2.75, 3.05) is 13.7 Å². The van der Waals surface area contributed by atoms with E-state index in [1.807, 2.05) is 29.1 Å². The van der Waals surface area contributed by atoms with Crippen LogP contribution in [-0.2, 0) is 6.54 Å². The van der Waals surface area contributed by atoms with Gasteiger partial charge in [-0.15, -0.1) is 11.3 Å². The van der Waals surface area contributed by atoms with E-state index in [2.05, 4.69) is 21.5 Å². The van der Waals surface area contributed by atoms with Gasteiger partial charge in [-0.3, -0.25) is 9.48 Å². The molecule has 0 fully saturated rings. The Labute approximate surface area is 144 Å². The number of rotatable bonds is 6. The van der Waals surface area contributed by atoms with Crippen molar-refractivity contribution in [3.8, 4) is 16.5 Å². The third-order valence-corrected chi connectivity index (χ3v) is 4.47. The molecule has 124 valence electrons. The molecule has 0 aliphatic carbocycles. The minimum atomic E-state index is -0.205. The monoisotopic (exact) mass is 342 g/mol. The molecule has 3 heterocycles. The number of hydrogen-bond donors (Lipinski definition) is 1. The number of amides is 1. The average Bonchev–Trinajstić information content (AvgIpc) is 3.25. The lowest BCUT2D eigenvalue weighted by atomic mass is 10.2. The smallest absolute Gasteiger partial charge is 0.256 e. The SMILES string of the molecule is COc1ncccc1C(=O)NCCn1nc(-c2cccs2)cc1C. The zero-order valence-corrected chi connectivity index (χ0v) is 14.3. The number of nitrogens with zero attached hydrogens (tertiary/aromatic N) is 3. The highest BCUT2D eigenvalue weighted by atomic mass is 32.1. The Hall–Kier alpha value is -2.67. The van der Waals surface area contributed by atoms with Gasteiger partial charge in [0.1, 0.15) is 11.3 Å². The van der Waals surface area contributed by atoms with Crippen molar-refractivity contribution in [3.05, 3.63) is 53.2 Å². The molecule has 0 aliphatic rings. The van der Waals surface area contributed by atoms with Crippen molar-refractivity contribution >= 4 is 17.2 Å². The van der Waals surface area contributed by atoms with Gasteiger partial charge in [0.2, 0.25) is 5.88 Å². The molecule has 3 aromatic heterocycles. The predicted octanol–water partition coefficient (Wildman–Crippen LogP) is 2.75. The van der Waals surface area contributed by atoms with Gasteiger partial charge >= 0.3 is 0 Å². The zero-order chi connectivity index (χ0) is 16.9. The predicted molar refractivity (Wildman–Crippen MR) is 93.4 cm³/mol. The fraction of sp³-hybridized carbons (Fsp3) is 0.235. The normalized spacial score (nSPS) is 10.6. The topological polar surface area (TPSA) is 69.0 Å². The molecule has 24 heavy (non-hydrogen) atoms. The number of hydrogen-bond acceptors (Lipinski definition) is 5. The molecule has 3 aromatic rings. The molecule has 0 spiro atoms. The lowest BCUT2D eigenvalue weighted by molar-refractivity contribution is 0.0948. The lowest BCUT2D eigenvalue weighted by Gasteiger charge is -2.09. The Kier molecular flexibility index (Phi) is 4.90. The van der Waals surface area contributed by atoms with Crippen molar-refractivity contribution < 1.29 is 9.53 Å². The molecule has 0 aromatic carbocycles. The molecule has 0 atom stereocenters. The summed E-state index contributed by atoms with van der Waals surface area (Å²) in [7, 11) is 1.50. The summed E-state index contributed by atoms with van der Waals surface area (Å²) in [6.07, 6.45) is 1.59. The summed E-state index contributed by atoms with van der Waals surface area (Å²) in [4.78, 5) is 17.4. The summed E-state index contributed by atoms with van der Waals surface area (Å²) in [6.45, 7) is 3.09. The second-order valence-electron chi connectivity index (χ2n) is 5.19. The summed E-state index contributed by atoms with van der Waals surface area (Å²) in [5.74, 6) is 0.119. The first kappa shape index (κ1) is 16.2. The van der Waals surface area contributed by atoms with Crippen LogP contribution < -0.4 is 10.1 Å². The van der Waals surface area contributed by atoms with E-state index in [4.69, 9.17) is 4.74 Å². The van der Waals surface area contributed by atoms with Crippen LogP contribution in [0.4, 0.5) is 0 Å². The van der Waals surface area contributed by atoms with Gasteiger partial charge in [-0.2, -0.15) is 5.10 Å². The molecule has 1 amide bonds. The van der Waals surface area contributed by atoms with Crippen molar-refractivity contribution in [1.29, 1.82) is 0 Å². The maximum Gasteiger partial charge on any atom is 0.256 e. The van der Waals surface area contributed by atoms with Gasteiger partial charge in [-0.05, 0) is 36.6 Å². The van der Waals surface area contributed by atoms with E-state index < -0.39 is 0 Å². The number of nitrogens with one attached hydrogen (secondary N) is 1. The highest BCUT2D eigenvalue weighted by Gasteiger charge is 2.13. The van der Waals surface area contributed by atoms with Crippen LogP contribution in [0.3, 0.4) is 0 Å². The minimum Gasteiger partial charge on any atom is -0.480 e. The summed E-state index contributed by atoms with van der Waals surface area (Å²) < 4.78 is 7.01. The fourth-order valence-electron chi connectivity index (χ4n) is 2.38. The van der Waals surface area contributed by atoms with Crippen LogP contribution in [0.2, 0.25) is 0 Å². The second kappa shape index (κ2) is 7.27. The van der Waals surface area contributed by atoms with E-state index in [1.54, 1.807) is 29.7 Å². The number of ether oxygens (including phenoxy) is 1. The molecule has 0 saturated heterocycles. The standard InChI is InChI=1S/C17H18N4O2S/c1-12-11-14(15-6-4-10-24-15)20-21(12)9-8-18-16(22)13-5-3-7-19-17(13)23-2/h3-7,10-11H,8-9H2,1-2H3,(H,18,22). The number of thiophene rings is 1. The van der Waals surface area contributed by atoms with Crippen LogP contribution in [-0.4, -0.2) is 34.3 Å². The molecule has 0 unspecified atom stereocenters. The maximum absolute atomic E-state index is 12.2. The molecule has 6 nitrogen and oxygen atoms in total. The Bertz CT molecular complexity index is 827. The molecule has 3 rings (SSSR count). The van der Waals surface area contributed by atoms with Crippen LogP contribution in [0, 0.1) is 6.92 Å². The third kappa shape index (κ3) is 3.46. The molecule has 0 bridgehead atoms.